The highest BCUT2D eigenvalue weighted by molar-refractivity contribution is 6.46. The number of amides is 1. The summed E-state index contributed by atoms with van der Waals surface area (Å²) in [4.78, 5) is 29.4. The van der Waals surface area contributed by atoms with Crippen molar-refractivity contribution < 1.29 is 19.4 Å². The van der Waals surface area contributed by atoms with E-state index in [9.17, 15) is 14.7 Å². The van der Waals surface area contributed by atoms with Gasteiger partial charge in [-0.15, -0.1) is 0 Å². The van der Waals surface area contributed by atoms with Gasteiger partial charge in [-0.05, 0) is 56.9 Å². The van der Waals surface area contributed by atoms with E-state index in [1.807, 2.05) is 19.0 Å². The highest BCUT2D eigenvalue weighted by Crippen LogP contribution is 2.41. The highest BCUT2D eigenvalue weighted by Gasteiger charge is 2.45. The molecule has 0 spiro atoms. The molecular formula is C23H24Cl2N2O4. The number of hydrogen-bond donors (Lipinski definition) is 1. The molecule has 0 aliphatic carbocycles. The normalized spacial score (nSPS) is 18.1. The van der Waals surface area contributed by atoms with Crippen LogP contribution in [0.5, 0.6) is 5.75 Å². The number of aliphatic hydroxyl groups is 1. The number of carbonyl (C=O) groups excluding carboxylic acids is 2. The van der Waals surface area contributed by atoms with Crippen molar-refractivity contribution in [2.45, 2.75) is 12.5 Å². The first-order valence-corrected chi connectivity index (χ1v) is 10.5. The zero-order chi connectivity index (χ0) is 22.7. The SMILES string of the molecule is COc1cccc(C(O)=C2C(=O)C(=O)N(CCCN(C)C)C2c2ccc(Cl)c(Cl)c2)c1. The van der Waals surface area contributed by atoms with Crippen LogP contribution in [0, 0.1) is 0 Å². The minimum Gasteiger partial charge on any atom is -0.507 e. The molecule has 3 rings (SSSR count). The van der Waals surface area contributed by atoms with Crippen LogP contribution in [0.3, 0.4) is 0 Å². The number of nitrogens with zero attached hydrogens (tertiary/aromatic N) is 2. The molecule has 1 unspecified atom stereocenters. The first-order valence-electron chi connectivity index (χ1n) is 9.77. The fourth-order valence-corrected chi connectivity index (χ4v) is 3.93. The fraction of sp³-hybridized carbons (Fsp3) is 0.304. The Hall–Kier alpha value is -2.54. The maximum absolute atomic E-state index is 13.0. The van der Waals surface area contributed by atoms with Crippen LogP contribution in [0.25, 0.3) is 5.76 Å². The minimum absolute atomic E-state index is 0.0153. The predicted molar refractivity (Wildman–Crippen MR) is 122 cm³/mol. The zero-order valence-corrected chi connectivity index (χ0v) is 19.1. The fourth-order valence-electron chi connectivity index (χ4n) is 3.62. The van der Waals surface area contributed by atoms with Crippen LogP contribution in [-0.4, -0.2) is 60.9 Å². The Balaban J connectivity index is 2.13. The molecule has 164 valence electrons. The summed E-state index contributed by atoms with van der Waals surface area (Å²) < 4.78 is 5.22. The maximum atomic E-state index is 13.0. The van der Waals surface area contributed by atoms with E-state index < -0.39 is 17.7 Å². The Bertz CT molecular complexity index is 1040. The Morgan fingerprint density at radius 1 is 1.13 bits per heavy atom. The molecule has 1 atom stereocenters. The van der Waals surface area contributed by atoms with Gasteiger partial charge in [-0.2, -0.15) is 0 Å². The summed E-state index contributed by atoms with van der Waals surface area (Å²) >= 11 is 12.3. The monoisotopic (exact) mass is 462 g/mol. The number of aliphatic hydroxyl groups excluding tert-OH is 1. The number of carbonyl (C=O) groups is 2. The Morgan fingerprint density at radius 2 is 1.87 bits per heavy atom. The second-order valence-electron chi connectivity index (χ2n) is 7.55. The summed E-state index contributed by atoms with van der Waals surface area (Å²) in [6.07, 6.45) is 0.664. The van der Waals surface area contributed by atoms with Crippen LogP contribution in [-0.2, 0) is 9.59 Å². The molecule has 1 amide bonds. The van der Waals surface area contributed by atoms with Crippen molar-refractivity contribution in [1.29, 1.82) is 0 Å². The first-order chi connectivity index (χ1) is 14.7. The molecular weight excluding hydrogens is 439 g/mol. The number of ether oxygens (including phenoxy) is 1. The molecule has 31 heavy (non-hydrogen) atoms. The standard InChI is InChI=1S/C23H24Cl2N2O4/c1-26(2)10-5-11-27-20(14-8-9-17(24)18(25)13-14)19(22(29)23(27)30)21(28)15-6-4-7-16(12-15)31-3/h4,6-9,12-13,20,28H,5,10-11H2,1-3H3. The summed E-state index contributed by atoms with van der Waals surface area (Å²) in [5, 5.41) is 11.7. The van der Waals surface area contributed by atoms with Gasteiger partial charge in [-0.25, -0.2) is 0 Å². The predicted octanol–water partition coefficient (Wildman–Crippen LogP) is 4.38. The van der Waals surface area contributed by atoms with Gasteiger partial charge in [0.25, 0.3) is 11.7 Å². The smallest absolute Gasteiger partial charge is 0.295 e. The molecule has 6 nitrogen and oxygen atoms in total. The highest BCUT2D eigenvalue weighted by atomic mass is 35.5. The average Bonchev–Trinajstić information content (AvgIpc) is 3.00. The molecule has 0 bridgehead atoms. The van der Waals surface area contributed by atoms with Gasteiger partial charge in [0.1, 0.15) is 11.5 Å². The van der Waals surface area contributed by atoms with E-state index in [1.54, 1.807) is 42.5 Å². The van der Waals surface area contributed by atoms with Gasteiger partial charge >= 0.3 is 0 Å². The summed E-state index contributed by atoms with van der Waals surface area (Å²) in [6, 6.07) is 10.9. The molecule has 1 saturated heterocycles. The van der Waals surface area contributed by atoms with Crippen LogP contribution >= 0.6 is 23.2 Å². The Morgan fingerprint density at radius 3 is 2.52 bits per heavy atom. The van der Waals surface area contributed by atoms with Gasteiger partial charge in [0, 0.05) is 12.1 Å². The number of halogens is 2. The van der Waals surface area contributed by atoms with Crippen LogP contribution in [0.1, 0.15) is 23.6 Å². The number of rotatable bonds is 7. The lowest BCUT2D eigenvalue weighted by Crippen LogP contribution is -2.32. The van der Waals surface area contributed by atoms with E-state index >= 15 is 0 Å². The van der Waals surface area contributed by atoms with Crippen molar-refractivity contribution in [2.24, 2.45) is 0 Å². The lowest BCUT2D eigenvalue weighted by molar-refractivity contribution is -0.139. The summed E-state index contributed by atoms with van der Waals surface area (Å²) in [5.74, 6) is -1.13. The number of ketones is 1. The van der Waals surface area contributed by atoms with Crippen molar-refractivity contribution in [2.75, 3.05) is 34.3 Å². The van der Waals surface area contributed by atoms with Gasteiger partial charge in [-0.3, -0.25) is 9.59 Å². The third-order valence-corrected chi connectivity index (χ3v) is 5.89. The van der Waals surface area contributed by atoms with E-state index in [2.05, 4.69) is 0 Å². The molecule has 0 saturated carbocycles. The summed E-state index contributed by atoms with van der Waals surface area (Å²) in [5.41, 5.74) is 1.00. The second kappa shape index (κ2) is 9.73. The molecule has 0 aromatic heterocycles. The van der Waals surface area contributed by atoms with E-state index in [0.717, 1.165) is 6.54 Å². The van der Waals surface area contributed by atoms with Crippen molar-refractivity contribution in [3.63, 3.8) is 0 Å². The lowest BCUT2D eigenvalue weighted by atomic mass is 9.95. The van der Waals surface area contributed by atoms with Crippen LogP contribution in [0.4, 0.5) is 0 Å². The average molecular weight is 463 g/mol. The van der Waals surface area contributed by atoms with Gasteiger partial charge in [0.15, 0.2) is 0 Å². The van der Waals surface area contributed by atoms with Crippen LogP contribution in [0.15, 0.2) is 48.0 Å². The van der Waals surface area contributed by atoms with Gasteiger partial charge in [-0.1, -0.05) is 41.4 Å². The van der Waals surface area contributed by atoms with Gasteiger partial charge in [0.2, 0.25) is 0 Å². The molecule has 2 aromatic carbocycles. The van der Waals surface area contributed by atoms with Crippen molar-refractivity contribution >= 4 is 40.7 Å². The van der Waals surface area contributed by atoms with Crippen molar-refractivity contribution in [3.05, 3.63) is 69.2 Å². The van der Waals surface area contributed by atoms with Crippen LogP contribution in [0.2, 0.25) is 10.0 Å². The number of methoxy groups -OCH3 is 1. The lowest BCUT2D eigenvalue weighted by Gasteiger charge is -2.26. The topological polar surface area (TPSA) is 70.1 Å². The number of likely N-dealkylation sites (tertiary alicyclic amines) is 1. The zero-order valence-electron chi connectivity index (χ0n) is 17.6. The van der Waals surface area contributed by atoms with E-state index in [-0.39, 0.29) is 11.3 Å². The number of Topliss-reactive ketones (excluding diaryl/α,β-unsaturated/α-hetero) is 1. The minimum atomic E-state index is -0.775. The molecule has 0 radical (unpaired) electrons. The Labute approximate surface area is 191 Å². The first kappa shape index (κ1) is 23.1. The molecule has 1 fully saturated rings. The molecule has 2 aromatic rings. The largest absolute Gasteiger partial charge is 0.507 e. The van der Waals surface area contributed by atoms with E-state index in [0.29, 0.717) is 39.9 Å². The van der Waals surface area contributed by atoms with Gasteiger partial charge < -0.3 is 19.6 Å². The van der Waals surface area contributed by atoms with Crippen molar-refractivity contribution in [1.82, 2.24) is 9.80 Å². The van der Waals surface area contributed by atoms with Crippen LogP contribution < -0.4 is 4.74 Å². The number of benzene rings is 2. The summed E-state index contributed by atoms with van der Waals surface area (Å²) in [7, 11) is 5.39. The molecule has 8 heteroatoms. The van der Waals surface area contributed by atoms with E-state index in [4.69, 9.17) is 27.9 Å². The quantitative estimate of drug-likeness (QED) is 0.375. The third-order valence-electron chi connectivity index (χ3n) is 5.15. The molecule has 1 N–H and O–H groups in total. The summed E-state index contributed by atoms with van der Waals surface area (Å²) in [6.45, 7) is 1.09. The number of hydrogen-bond acceptors (Lipinski definition) is 5. The Kier molecular flexibility index (Phi) is 7.26. The molecule has 1 aliphatic rings. The molecule has 1 heterocycles. The van der Waals surface area contributed by atoms with E-state index in [1.165, 1.54) is 12.0 Å². The third kappa shape index (κ3) is 4.87. The molecule has 1 aliphatic heterocycles. The van der Waals surface area contributed by atoms with Gasteiger partial charge in [0.05, 0.1) is 28.8 Å². The second-order valence-corrected chi connectivity index (χ2v) is 8.37. The maximum Gasteiger partial charge on any atom is 0.295 e. The van der Waals surface area contributed by atoms with Crippen molar-refractivity contribution in [3.8, 4) is 5.75 Å².